The fraction of sp³-hybridized carbons (Fsp3) is 0.965. The fourth-order valence-electron chi connectivity index (χ4n) is 8.84. The topological polar surface area (TPSA) is 61.8 Å². The predicted molar refractivity (Wildman–Crippen MR) is 270 cm³/mol. The van der Waals surface area contributed by atoms with Gasteiger partial charge in [-0.25, -0.2) is 0 Å². The Bertz CT molecular complexity index is 810. The van der Waals surface area contributed by atoms with Crippen LogP contribution in [-0.4, -0.2) is 37.9 Å². The molecule has 0 saturated heterocycles. The lowest BCUT2D eigenvalue weighted by atomic mass is 10.0. The van der Waals surface area contributed by atoms with Crippen LogP contribution in [0.2, 0.25) is 0 Å². The Morgan fingerprint density at radius 2 is 0.468 bits per heavy atom. The molecule has 0 atom stereocenters. The van der Waals surface area contributed by atoms with Gasteiger partial charge in [0.25, 0.3) is 0 Å². The minimum atomic E-state index is -0.388. The number of unbranched alkanes of at least 4 members (excludes halogenated alkanes) is 43. The molecule has 62 heavy (non-hydrogen) atoms. The van der Waals surface area contributed by atoms with Crippen molar-refractivity contribution in [2.45, 2.75) is 335 Å². The number of hydrogen-bond donors (Lipinski definition) is 0. The van der Waals surface area contributed by atoms with Crippen LogP contribution in [0.5, 0.6) is 0 Å². The summed E-state index contributed by atoms with van der Waals surface area (Å²) in [6.45, 7) is 7.82. The van der Waals surface area contributed by atoms with Crippen LogP contribution >= 0.6 is 0 Å². The first-order valence-electron chi connectivity index (χ1n) is 28.6. The van der Waals surface area contributed by atoms with Crippen molar-refractivity contribution in [1.82, 2.24) is 0 Å². The van der Waals surface area contributed by atoms with Gasteiger partial charge in [0.15, 0.2) is 0 Å². The Hall–Kier alpha value is -1.10. The lowest BCUT2D eigenvalue weighted by Gasteiger charge is -2.18. The summed E-state index contributed by atoms with van der Waals surface area (Å²) >= 11 is 0. The van der Waals surface area contributed by atoms with Gasteiger partial charge in [-0.1, -0.05) is 297 Å². The minimum absolute atomic E-state index is 0.153. The van der Waals surface area contributed by atoms with Crippen molar-refractivity contribution < 1.29 is 23.8 Å². The first-order valence-corrected chi connectivity index (χ1v) is 28.6. The van der Waals surface area contributed by atoms with Crippen LogP contribution in [0, 0.1) is 0 Å². The summed E-state index contributed by atoms with van der Waals surface area (Å²) in [5.74, 6) is -0.306. The third-order valence-corrected chi connectivity index (χ3v) is 13.2. The molecule has 0 radical (unpaired) electrons. The van der Waals surface area contributed by atoms with Gasteiger partial charge in [-0.2, -0.15) is 0 Å². The molecule has 0 aliphatic carbocycles. The zero-order valence-electron chi connectivity index (χ0n) is 42.7. The van der Waals surface area contributed by atoms with Gasteiger partial charge in [-0.05, 0) is 19.3 Å². The SMILES string of the molecule is CCCCCCCCCCCCCCCCCCOC(COC(=O)CCCCCCCCCCCCCCCCC)COC(=O)CCCCCCCCCCCCCCCCC. The normalized spacial score (nSPS) is 11.5. The van der Waals surface area contributed by atoms with Gasteiger partial charge in [-0.3, -0.25) is 9.59 Å². The largest absolute Gasteiger partial charge is 0.463 e. The second kappa shape index (κ2) is 54.2. The summed E-state index contributed by atoms with van der Waals surface area (Å²) in [6.07, 6.45) is 61.4. The molecule has 0 fully saturated rings. The highest BCUT2D eigenvalue weighted by molar-refractivity contribution is 5.69. The Morgan fingerprint density at radius 3 is 0.694 bits per heavy atom. The molecule has 0 saturated carbocycles. The van der Waals surface area contributed by atoms with E-state index >= 15 is 0 Å². The van der Waals surface area contributed by atoms with Gasteiger partial charge >= 0.3 is 11.9 Å². The van der Waals surface area contributed by atoms with E-state index in [1.807, 2.05) is 0 Å². The second-order valence-corrected chi connectivity index (χ2v) is 19.6. The summed E-state index contributed by atoms with van der Waals surface area (Å²) in [4.78, 5) is 25.3. The van der Waals surface area contributed by atoms with Crippen LogP contribution in [-0.2, 0) is 23.8 Å². The minimum Gasteiger partial charge on any atom is -0.463 e. The second-order valence-electron chi connectivity index (χ2n) is 19.6. The van der Waals surface area contributed by atoms with Gasteiger partial charge in [0.1, 0.15) is 19.3 Å². The number of carbonyl (C=O) groups excluding carboxylic acids is 2. The van der Waals surface area contributed by atoms with Crippen molar-refractivity contribution in [2.75, 3.05) is 19.8 Å². The predicted octanol–water partition coefficient (Wildman–Crippen LogP) is 19.2. The molecule has 5 heteroatoms. The van der Waals surface area contributed by atoms with Crippen LogP contribution < -0.4 is 0 Å². The van der Waals surface area contributed by atoms with Crippen molar-refractivity contribution in [3.63, 3.8) is 0 Å². The highest BCUT2D eigenvalue weighted by Crippen LogP contribution is 2.17. The van der Waals surface area contributed by atoms with Crippen molar-refractivity contribution in [3.8, 4) is 0 Å². The molecular formula is C57H112O5. The van der Waals surface area contributed by atoms with Crippen molar-refractivity contribution >= 4 is 11.9 Å². The van der Waals surface area contributed by atoms with E-state index in [0.29, 0.717) is 19.4 Å². The molecule has 0 aromatic carbocycles. The molecule has 370 valence electrons. The highest BCUT2D eigenvalue weighted by atomic mass is 16.6. The molecule has 0 aliphatic rings. The maximum Gasteiger partial charge on any atom is 0.305 e. The molecule has 0 rings (SSSR count). The molecule has 0 aromatic heterocycles. The number of carbonyl (C=O) groups is 2. The van der Waals surface area contributed by atoms with E-state index in [2.05, 4.69) is 20.8 Å². The molecule has 0 aliphatic heterocycles. The first kappa shape index (κ1) is 60.9. The lowest BCUT2D eigenvalue weighted by Crippen LogP contribution is -2.29. The summed E-state index contributed by atoms with van der Waals surface area (Å²) in [6, 6.07) is 0. The Morgan fingerprint density at radius 1 is 0.274 bits per heavy atom. The number of ether oxygens (including phenoxy) is 3. The summed E-state index contributed by atoms with van der Waals surface area (Å²) in [5, 5.41) is 0. The molecule has 0 heterocycles. The Kier molecular flexibility index (Phi) is 53.3. The van der Waals surface area contributed by atoms with E-state index in [-0.39, 0.29) is 31.3 Å². The zero-order chi connectivity index (χ0) is 44.9. The van der Waals surface area contributed by atoms with Crippen molar-refractivity contribution in [1.29, 1.82) is 0 Å². The lowest BCUT2D eigenvalue weighted by molar-refractivity contribution is -0.155. The summed E-state index contributed by atoms with van der Waals surface area (Å²) in [7, 11) is 0. The van der Waals surface area contributed by atoms with Crippen molar-refractivity contribution in [3.05, 3.63) is 0 Å². The highest BCUT2D eigenvalue weighted by Gasteiger charge is 2.16. The first-order chi connectivity index (χ1) is 30.6. The number of hydrogen-bond acceptors (Lipinski definition) is 5. The number of rotatable bonds is 54. The number of esters is 2. The van der Waals surface area contributed by atoms with E-state index in [1.165, 1.54) is 257 Å². The summed E-state index contributed by atoms with van der Waals surface area (Å²) < 4.78 is 17.5. The Balaban J connectivity index is 4.18. The van der Waals surface area contributed by atoms with E-state index in [9.17, 15) is 9.59 Å². The van der Waals surface area contributed by atoms with Gasteiger partial charge in [0.05, 0.1) is 0 Å². The van der Waals surface area contributed by atoms with Gasteiger partial charge < -0.3 is 14.2 Å². The van der Waals surface area contributed by atoms with E-state index in [4.69, 9.17) is 14.2 Å². The average molecular weight is 878 g/mol. The van der Waals surface area contributed by atoms with E-state index in [0.717, 1.165) is 38.5 Å². The quantitative estimate of drug-likeness (QED) is 0.0450. The van der Waals surface area contributed by atoms with Gasteiger partial charge in [0, 0.05) is 19.4 Å². The fourth-order valence-corrected chi connectivity index (χ4v) is 8.84. The molecule has 0 aromatic rings. The van der Waals surface area contributed by atoms with Crippen LogP contribution in [0.4, 0.5) is 0 Å². The van der Waals surface area contributed by atoms with E-state index < -0.39 is 0 Å². The molecular weight excluding hydrogens is 765 g/mol. The zero-order valence-corrected chi connectivity index (χ0v) is 42.7. The summed E-state index contributed by atoms with van der Waals surface area (Å²) in [5.41, 5.74) is 0. The Labute approximate surface area is 389 Å². The van der Waals surface area contributed by atoms with Crippen LogP contribution in [0.3, 0.4) is 0 Å². The average Bonchev–Trinajstić information content (AvgIpc) is 3.28. The molecule has 0 spiro atoms. The van der Waals surface area contributed by atoms with Crippen LogP contribution in [0.1, 0.15) is 329 Å². The molecule has 0 N–H and O–H groups in total. The third kappa shape index (κ3) is 51.5. The molecule has 0 bridgehead atoms. The van der Waals surface area contributed by atoms with Crippen LogP contribution in [0.15, 0.2) is 0 Å². The van der Waals surface area contributed by atoms with Gasteiger partial charge in [0.2, 0.25) is 0 Å². The van der Waals surface area contributed by atoms with Crippen molar-refractivity contribution in [2.24, 2.45) is 0 Å². The molecule has 0 amide bonds. The smallest absolute Gasteiger partial charge is 0.305 e. The monoisotopic (exact) mass is 877 g/mol. The molecule has 0 unspecified atom stereocenters. The van der Waals surface area contributed by atoms with Crippen LogP contribution in [0.25, 0.3) is 0 Å². The van der Waals surface area contributed by atoms with E-state index in [1.54, 1.807) is 0 Å². The maximum absolute atomic E-state index is 12.6. The standard InChI is InChI=1S/C57H112O5/c1-4-7-10-13-16-19-22-25-28-31-34-37-40-43-46-49-52-60-55(53-61-56(58)50-47-44-41-38-35-32-29-26-23-20-17-14-11-8-5-2)54-62-57(59)51-48-45-42-39-36-33-30-27-24-21-18-15-12-9-6-3/h55H,4-54H2,1-3H3. The van der Waals surface area contributed by atoms with Gasteiger partial charge in [-0.15, -0.1) is 0 Å². The maximum atomic E-state index is 12.6. The third-order valence-electron chi connectivity index (χ3n) is 13.2. The molecule has 5 nitrogen and oxygen atoms in total.